The number of aromatic nitrogens is 2. The van der Waals surface area contributed by atoms with Crippen LogP contribution in [0.2, 0.25) is 0 Å². The Balaban J connectivity index is 1.77. The van der Waals surface area contributed by atoms with E-state index in [-0.39, 0.29) is 5.56 Å². The van der Waals surface area contributed by atoms with E-state index in [0.717, 1.165) is 22.3 Å². The number of thiazole rings is 1. The first-order chi connectivity index (χ1) is 13.6. The highest BCUT2D eigenvalue weighted by Gasteiger charge is 2.11. The van der Waals surface area contributed by atoms with Gasteiger partial charge in [0.25, 0.3) is 5.56 Å². The number of rotatable bonds is 6. The zero-order valence-electron chi connectivity index (χ0n) is 16.1. The number of ether oxygens (including phenoxy) is 2. The highest BCUT2D eigenvalue weighted by atomic mass is 32.1. The van der Waals surface area contributed by atoms with Crippen molar-refractivity contribution in [2.45, 2.75) is 20.8 Å². The van der Waals surface area contributed by atoms with Gasteiger partial charge in [0.15, 0.2) is 16.5 Å². The van der Waals surface area contributed by atoms with Crippen LogP contribution in [-0.2, 0) is 0 Å². The molecule has 144 valence electrons. The molecule has 0 N–H and O–H groups in total. The van der Waals surface area contributed by atoms with E-state index in [4.69, 9.17) is 9.47 Å². The van der Waals surface area contributed by atoms with Gasteiger partial charge >= 0.3 is 0 Å². The molecule has 0 atom stereocenters. The van der Waals surface area contributed by atoms with Gasteiger partial charge in [-0.25, -0.2) is 9.38 Å². The van der Waals surface area contributed by atoms with E-state index in [9.17, 15) is 4.79 Å². The average Bonchev–Trinajstić information content (AvgIpc) is 3.18. The van der Waals surface area contributed by atoms with Crippen LogP contribution in [0.4, 0.5) is 0 Å². The lowest BCUT2D eigenvalue weighted by atomic mass is 10.2. The molecular formula is C22H22N2O3S. The SMILES string of the molecule is CCOc1cc(C=c2sc3nc4ccccc4n3c2=O)ccc1OCC(C)C. The third kappa shape index (κ3) is 3.47. The largest absolute Gasteiger partial charge is 0.490 e. The number of hydrogen-bond donors (Lipinski definition) is 0. The van der Waals surface area contributed by atoms with Crippen molar-refractivity contribution in [1.82, 2.24) is 9.38 Å². The predicted octanol–water partition coefficient (Wildman–Crippen LogP) is 3.89. The van der Waals surface area contributed by atoms with Crippen LogP contribution in [0.3, 0.4) is 0 Å². The fourth-order valence-electron chi connectivity index (χ4n) is 3.02. The maximum absolute atomic E-state index is 12.9. The molecule has 5 nitrogen and oxygen atoms in total. The van der Waals surface area contributed by atoms with E-state index < -0.39 is 0 Å². The molecule has 4 rings (SSSR count). The van der Waals surface area contributed by atoms with Crippen molar-refractivity contribution in [3.05, 3.63) is 62.9 Å². The second-order valence-corrected chi connectivity index (χ2v) is 7.99. The van der Waals surface area contributed by atoms with Crippen LogP contribution in [0.25, 0.3) is 22.1 Å². The van der Waals surface area contributed by atoms with Crippen LogP contribution >= 0.6 is 11.3 Å². The van der Waals surface area contributed by atoms with Crippen LogP contribution < -0.4 is 19.6 Å². The third-order valence-electron chi connectivity index (χ3n) is 4.28. The van der Waals surface area contributed by atoms with Crippen molar-refractivity contribution in [2.24, 2.45) is 5.92 Å². The number of benzene rings is 2. The summed E-state index contributed by atoms with van der Waals surface area (Å²) in [5.41, 5.74) is 2.52. The molecule has 0 spiro atoms. The van der Waals surface area contributed by atoms with Crippen molar-refractivity contribution in [2.75, 3.05) is 13.2 Å². The standard InChI is InChI=1S/C22H22N2O3S/c1-4-26-19-11-15(9-10-18(19)27-13-14(2)3)12-20-21(25)24-17-8-6-5-7-16(17)23-22(24)28-20/h5-12,14H,4,13H2,1-3H3. The molecule has 0 aliphatic heterocycles. The Kier molecular flexibility index (Phi) is 5.05. The Morgan fingerprint density at radius 3 is 2.75 bits per heavy atom. The topological polar surface area (TPSA) is 52.8 Å². The summed E-state index contributed by atoms with van der Waals surface area (Å²) in [6.07, 6.45) is 1.88. The lowest BCUT2D eigenvalue weighted by molar-refractivity contribution is 0.248. The summed E-state index contributed by atoms with van der Waals surface area (Å²) in [6, 6.07) is 13.4. The van der Waals surface area contributed by atoms with Gasteiger partial charge in [-0.3, -0.25) is 4.79 Å². The number of imidazole rings is 1. The maximum Gasteiger partial charge on any atom is 0.274 e. The maximum atomic E-state index is 12.9. The zero-order valence-corrected chi connectivity index (χ0v) is 17.0. The van der Waals surface area contributed by atoms with Crippen molar-refractivity contribution in [3.63, 3.8) is 0 Å². The molecule has 0 saturated heterocycles. The first-order valence-electron chi connectivity index (χ1n) is 9.38. The summed E-state index contributed by atoms with van der Waals surface area (Å²) >= 11 is 1.39. The summed E-state index contributed by atoms with van der Waals surface area (Å²) in [7, 11) is 0. The van der Waals surface area contributed by atoms with Gasteiger partial charge in [-0.1, -0.05) is 43.4 Å². The summed E-state index contributed by atoms with van der Waals surface area (Å²) in [4.78, 5) is 18.2. The minimum atomic E-state index is -0.0493. The van der Waals surface area contributed by atoms with Crippen LogP contribution in [0, 0.1) is 5.92 Å². The highest BCUT2D eigenvalue weighted by molar-refractivity contribution is 7.15. The Morgan fingerprint density at radius 1 is 1.14 bits per heavy atom. The van der Waals surface area contributed by atoms with Gasteiger partial charge in [0.05, 0.1) is 28.8 Å². The van der Waals surface area contributed by atoms with Gasteiger partial charge in [0.2, 0.25) is 0 Å². The minimum Gasteiger partial charge on any atom is -0.490 e. The molecule has 2 aromatic carbocycles. The van der Waals surface area contributed by atoms with E-state index in [1.807, 2.05) is 55.5 Å². The van der Waals surface area contributed by atoms with Crippen LogP contribution in [0.5, 0.6) is 11.5 Å². The normalized spacial score (nSPS) is 12.4. The van der Waals surface area contributed by atoms with Crippen molar-refractivity contribution in [1.29, 1.82) is 0 Å². The summed E-state index contributed by atoms with van der Waals surface area (Å²) in [6.45, 7) is 7.33. The van der Waals surface area contributed by atoms with Gasteiger partial charge in [-0.15, -0.1) is 0 Å². The molecule has 6 heteroatoms. The smallest absolute Gasteiger partial charge is 0.274 e. The third-order valence-corrected chi connectivity index (χ3v) is 5.25. The van der Waals surface area contributed by atoms with Gasteiger partial charge in [0.1, 0.15) is 0 Å². The molecule has 2 aromatic heterocycles. The van der Waals surface area contributed by atoms with Crippen LogP contribution in [0.1, 0.15) is 26.3 Å². The molecule has 0 fully saturated rings. The molecule has 0 bridgehead atoms. The Labute approximate surface area is 166 Å². The van der Waals surface area contributed by atoms with E-state index in [0.29, 0.717) is 34.4 Å². The number of hydrogen-bond acceptors (Lipinski definition) is 5. The van der Waals surface area contributed by atoms with Crippen molar-refractivity contribution >= 4 is 33.4 Å². The van der Waals surface area contributed by atoms with E-state index in [1.54, 1.807) is 4.40 Å². The molecular weight excluding hydrogens is 372 g/mol. The Bertz CT molecular complexity index is 1240. The molecule has 0 radical (unpaired) electrons. The first-order valence-corrected chi connectivity index (χ1v) is 10.2. The minimum absolute atomic E-state index is 0.0493. The summed E-state index contributed by atoms with van der Waals surface area (Å²) in [5.74, 6) is 1.85. The molecule has 0 amide bonds. The van der Waals surface area contributed by atoms with E-state index in [2.05, 4.69) is 18.8 Å². The van der Waals surface area contributed by atoms with Gasteiger partial charge in [-0.2, -0.15) is 0 Å². The second kappa shape index (κ2) is 7.64. The highest BCUT2D eigenvalue weighted by Crippen LogP contribution is 2.29. The average molecular weight is 394 g/mol. The molecule has 0 aliphatic rings. The molecule has 2 heterocycles. The fraction of sp³-hybridized carbons (Fsp3) is 0.273. The molecule has 4 aromatic rings. The van der Waals surface area contributed by atoms with Gasteiger partial charge in [-0.05, 0) is 48.7 Å². The first kappa shape index (κ1) is 18.5. The monoisotopic (exact) mass is 394 g/mol. The molecule has 0 aliphatic carbocycles. The van der Waals surface area contributed by atoms with Gasteiger partial charge in [0, 0.05) is 0 Å². The Hall–Kier alpha value is -2.86. The van der Waals surface area contributed by atoms with Crippen molar-refractivity contribution in [3.8, 4) is 11.5 Å². The Morgan fingerprint density at radius 2 is 1.96 bits per heavy atom. The van der Waals surface area contributed by atoms with Crippen LogP contribution in [0.15, 0.2) is 47.3 Å². The zero-order chi connectivity index (χ0) is 19.7. The fourth-order valence-corrected chi connectivity index (χ4v) is 4.01. The molecule has 28 heavy (non-hydrogen) atoms. The number of fused-ring (bicyclic) bond motifs is 3. The number of nitrogens with zero attached hydrogens (tertiary/aromatic N) is 2. The quantitative estimate of drug-likeness (QED) is 0.498. The van der Waals surface area contributed by atoms with E-state index in [1.165, 1.54) is 11.3 Å². The second-order valence-electron chi connectivity index (χ2n) is 6.98. The summed E-state index contributed by atoms with van der Waals surface area (Å²) < 4.78 is 13.9. The van der Waals surface area contributed by atoms with Crippen molar-refractivity contribution < 1.29 is 9.47 Å². The van der Waals surface area contributed by atoms with E-state index >= 15 is 0 Å². The lowest BCUT2D eigenvalue weighted by Gasteiger charge is -2.13. The summed E-state index contributed by atoms with van der Waals surface area (Å²) in [5, 5.41) is 0. The van der Waals surface area contributed by atoms with Gasteiger partial charge < -0.3 is 9.47 Å². The van der Waals surface area contributed by atoms with Crippen LogP contribution in [-0.4, -0.2) is 22.6 Å². The number of para-hydroxylation sites is 2. The predicted molar refractivity (Wildman–Crippen MR) is 114 cm³/mol. The molecule has 0 unspecified atom stereocenters. The molecule has 0 saturated carbocycles. The lowest BCUT2D eigenvalue weighted by Crippen LogP contribution is -2.22.